The van der Waals surface area contributed by atoms with Crippen molar-refractivity contribution in [3.8, 4) is 0 Å². The molecule has 0 amide bonds. The lowest BCUT2D eigenvalue weighted by Crippen LogP contribution is -2.30. The summed E-state index contributed by atoms with van der Waals surface area (Å²) in [5.74, 6) is -0.781. The van der Waals surface area contributed by atoms with Crippen LogP contribution in [0, 0.1) is 6.92 Å². The van der Waals surface area contributed by atoms with E-state index in [9.17, 15) is 4.79 Å². The number of unbranched alkanes of at least 4 members (excludes halogenated alkanes) is 1. The third kappa shape index (κ3) is 3.93. The summed E-state index contributed by atoms with van der Waals surface area (Å²) in [5, 5.41) is 8.86. The van der Waals surface area contributed by atoms with Crippen LogP contribution in [0.2, 0.25) is 0 Å². The van der Waals surface area contributed by atoms with Gasteiger partial charge in [0, 0.05) is 12.2 Å². The maximum atomic E-state index is 10.8. The second-order valence-corrected chi connectivity index (χ2v) is 4.00. The Balaban J connectivity index is 2.74. The van der Waals surface area contributed by atoms with Gasteiger partial charge in [-0.1, -0.05) is 31.0 Å². The van der Waals surface area contributed by atoms with E-state index in [2.05, 4.69) is 6.92 Å². The third-order valence-corrected chi connectivity index (χ3v) is 2.51. The third-order valence-electron chi connectivity index (χ3n) is 2.51. The second-order valence-electron chi connectivity index (χ2n) is 4.00. The number of aliphatic carboxylic acids is 1. The maximum Gasteiger partial charge on any atom is 0.323 e. The molecule has 0 aliphatic rings. The first-order chi connectivity index (χ1) is 7.63. The predicted molar refractivity (Wildman–Crippen MR) is 65.9 cm³/mol. The smallest absolute Gasteiger partial charge is 0.323 e. The van der Waals surface area contributed by atoms with Gasteiger partial charge in [0.1, 0.15) is 6.54 Å². The number of hydrogen-bond acceptors (Lipinski definition) is 2. The number of hydrogen-bond donors (Lipinski definition) is 1. The number of rotatable bonds is 6. The van der Waals surface area contributed by atoms with E-state index in [1.54, 1.807) is 0 Å². The van der Waals surface area contributed by atoms with Crippen molar-refractivity contribution in [2.75, 3.05) is 18.0 Å². The highest BCUT2D eigenvalue weighted by Crippen LogP contribution is 2.15. The molecule has 0 aliphatic heterocycles. The number of benzene rings is 1. The quantitative estimate of drug-likeness (QED) is 0.803. The van der Waals surface area contributed by atoms with Gasteiger partial charge in [-0.15, -0.1) is 0 Å². The van der Waals surface area contributed by atoms with E-state index in [0.717, 1.165) is 25.1 Å². The molecule has 3 heteroatoms. The zero-order valence-electron chi connectivity index (χ0n) is 9.94. The van der Waals surface area contributed by atoms with E-state index in [1.165, 1.54) is 5.56 Å². The van der Waals surface area contributed by atoms with Crippen LogP contribution >= 0.6 is 0 Å². The summed E-state index contributed by atoms with van der Waals surface area (Å²) in [6, 6.07) is 7.98. The highest BCUT2D eigenvalue weighted by Gasteiger charge is 2.09. The first-order valence-electron chi connectivity index (χ1n) is 5.67. The summed E-state index contributed by atoms with van der Waals surface area (Å²) in [5.41, 5.74) is 2.18. The normalized spacial score (nSPS) is 10.1. The van der Waals surface area contributed by atoms with Gasteiger partial charge in [-0.3, -0.25) is 4.79 Å². The molecule has 0 saturated carbocycles. The van der Waals surface area contributed by atoms with Gasteiger partial charge in [0.2, 0.25) is 0 Å². The molecule has 1 aromatic rings. The Labute approximate surface area is 96.7 Å². The van der Waals surface area contributed by atoms with Crippen LogP contribution in [0.25, 0.3) is 0 Å². The molecule has 0 radical (unpaired) electrons. The molecule has 0 aromatic heterocycles. The average molecular weight is 221 g/mol. The van der Waals surface area contributed by atoms with Crippen molar-refractivity contribution in [2.45, 2.75) is 26.7 Å². The number of carboxylic acid groups (broad SMARTS) is 1. The lowest BCUT2D eigenvalue weighted by molar-refractivity contribution is -0.135. The molecule has 1 N–H and O–H groups in total. The molecule has 88 valence electrons. The van der Waals surface area contributed by atoms with Crippen molar-refractivity contribution in [1.82, 2.24) is 0 Å². The lowest BCUT2D eigenvalue weighted by Gasteiger charge is -2.22. The highest BCUT2D eigenvalue weighted by atomic mass is 16.4. The van der Waals surface area contributed by atoms with Crippen LogP contribution in [-0.2, 0) is 4.79 Å². The Morgan fingerprint density at radius 2 is 1.94 bits per heavy atom. The molecule has 0 aliphatic carbocycles. The van der Waals surface area contributed by atoms with Crippen LogP contribution in [0.5, 0.6) is 0 Å². The van der Waals surface area contributed by atoms with Crippen LogP contribution in [0.3, 0.4) is 0 Å². The Bertz CT molecular complexity index is 332. The summed E-state index contributed by atoms with van der Waals surface area (Å²) in [7, 11) is 0. The van der Waals surface area contributed by atoms with Crippen molar-refractivity contribution < 1.29 is 9.90 Å². The van der Waals surface area contributed by atoms with E-state index in [4.69, 9.17) is 5.11 Å². The number of carbonyl (C=O) groups is 1. The first kappa shape index (κ1) is 12.6. The van der Waals surface area contributed by atoms with E-state index in [-0.39, 0.29) is 6.54 Å². The maximum absolute atomic E-state index is 10.8. The molecule has 0 atom stereocenters. The molecule has 1 rings (SSSR count). The minimum Gasteiger partial charge on any atom is -0.480 e. The van der Waals surface area contributed by atoms with Gasteiger partial charge in [-0.25, -0.2) is 0 Å². The summed E-state index contributed by atoms with van der Waals surface area (Å²) in [4.78, 5) is 12.7. The molecule has 0 saturated heterocycles. The van der Waals surface area contributed by atoms with Gasteiger partial charge >= 0.3 is 5.97 Å². The largest absolute Gasteiger partial charge is 0.480 e. The number of aryl methyl sites for hydroxylation is 1. The molecule has 0 fully saturated rings. The van der Waals surface area contributed by atoms with Crippen molar-refractivity contribution in [1.29, 1.82) is 0 Å². The summed E-state index contributed by atoms with van der Waals surface area (Å²) < 4.78 is 0. The fourth-order valence-corrected chi connectivity index (χ4v) is 1.57. The fraction of sp³-hybridized carbons (Fsp3) is 0.462. The minimum absolute atomic E-state index is 0.0725. The summed E-state index contributed by atoms with van der Waals surface area (Å²) in [6.07, 6.45) is 2.09. The Kier molecular flexibility index (Phi) is 4.83. The van der Waals surface area contributed by atoms with E-state index in [0.29, 0.717) is 0 Å². The van der Waals surface area contributed by atoms with Crippen molar-refractivity contribution in [2.24, 2.45) is 0 Å². The Morgan fingerprint density at radius 3 is 2.44 bits per heavy atom. The average Bonchev–Trinajstić information content (AvgIpc) is 2.25. The van der Waals surface area contributed by atoms with E-state index in [1.807, 2.05) is 36.1 Å². The van der Waals surface area contributed by atoms with Gasteiger partial charge in [-0.2, -0.15) is 0 Å². The van der Waals surface area contributed by atoms with Crippen LogP contribution in [0.15, 0.2) is 24.3 Å². The molecule has 0 bridgehead atoms. The van der Waals surface area contributed by atoms with Crippen molar-refractivity contribution in [3.05, 3.63) is 29.8 Å². The van der Waals surface area contributed by atoms with Crippen LogP contribution in [-0.4, -0.2) is 24.2 Å². The SMILES string of the molecule is CCCCN(CC(=O)O)c1ccc(C)cc1. The fourth-order valence-electron chi connectivity index (χ4n) is 1.57. The molecular weight excluding hydrogens is 202 g/mol. The zero-order chi connectivity index (χ0) is 12.0. The van der Waals surface area contributed by atoms with Gasteiger partial charge in [0.05, 0.1) is 0 Å². The van der Waals surface area contributed by atoms with Crippen LogP contribution < -0.4 is 4.90 Å². The molecule has 1 aromatic carbocycles. The topological polar surface area (TPSA) is 40.5 Å². The second kappa shape index (κ2) is 6.16. The summed E-state index contributed by atoms with van der Waals surface area (Å²) >= 11 is 0. The highest BCUT2D eigenvalue weighted by molar-refractivity contribution is 5.73. The molecule has 0 spiro atoms. The van der Waals surface area contributed by atoms with E-state index >= 15 is 0 Å². The van der Waals surface area contributed by atoms with Crippen LogP contribution in [0.4, 0.5) is 5.69 Å². The van der Waals surface area contributed by atoms with Crippen LogP contribution in [0.1, 0.15) is 25.3 Å². The molecule has 16 heavy (non-hydrogen) atoms. The predicted octanol–water partition coefficient (Wildman–Crippen LogP) is 2.69. The van der Waals surface area contributed by atoms with Gasteiger partial charge < -0.3 is 10.0 Å². The standard InChI is InChI=1S/C13H19NO2/c1-3-4-9-14(10-13(15)16)12-7-5-11(2)6-8-12/h5-8H,3-4,9-10H2,1-2H3,(H,15,16). The summed E-state index contributed by atoms with van der Waals surface area (Å²) in [6.45, 7) is 5.00. The van der Waals surface area contributed by atoms with E-state index < -0.39 is 5.97 Å². The van der Waals surface area contributed by atoms with Gasteiger partial charge in [0.25, 0.3) is 0 Å². The van der Waals surface area contributed by atoms with Crippen molar-refractivity contribution >= 4 is 11.7 Å². The molecule has 3 nitrogen and oxygen atoms in total. The molecule has 0 heterocycles. The molecular formula is C13H19NO2. The van der Waals surface area contributed by atoms with Gasteiger partial charge in [-0.05, 0) is 25.5 Å². The van der Waals surface area contributed by atoms with Gasteiger partial charge in [0.15, 0.2) is 0 Å². The monoisotopic (exact) mass is 221 g/mol. The number of nitrogens with zero attached hydrogens (tertiary/aromatic N) is 1. The minimum atomic E-state index is -0.781. The number of anilines is 1. The number of carboxylic acids is 1. The molecule has 0 unspecified atom stereocenters. The van der Waals surface area contributed by atoms with Crippen molar-refractivity contribution in [3.63, 3.8) is 0 Å². The Morgan fingerprint density at radius 1 is 1.31 bits per heavy atom. The first-order valence-corrected chi connectivity index (χ1v) is 5.67. The lowest BCUT2D eigenvalue weighted by atomic mass is 10.2. The Hall–Kier alpha value is -1.51. The zero-order valence-corrected chi connectivity index (χ0v) is 9.94.